The number of carbonyl (C=O) groups excluding carboxylic acids is 1. The average molecular weight is 414 g/mol. The van der Waals surface area contributed by atoms with E-state index in [1.807, 2.05) is 0 Å². The summed E-state index contributed by atoms with van der Waals surface area (Å²) in [4.78, 5) is 17.3. The number of nitrogens with zero attached hydrogens (tertiary/aromatic N) is 1. The molecule has 0 fully saturated rings. The van der Waals surface area contributed by atoms with Gasteiger partial charge in [-0.3, -0.25) is 9.78 Å². The number of pyridine rings is 1. The Bertz CT molecular complexity index is 1030. The maximum atomic E-state index is 13.3. The van der Waals surface area contributed by atoms with Crippen LogP contribution in [0.1, 0.15) is 35.5 Å². The van der Waals surface area contributed by atoms with E-state index in [1.165, 1.54) is 13.2 Å². The summed E-state index contributed by atoms with van der Waals surface area (Å²) < 4.78 is 45.1. The lowest BCUT2D eigenvalue weighted by molar-refractivity contribution is -0.137. The minimum absolute atomic E-state index is 0.0704. The van der Waals surface area contributed by atoms with E-state index < -0.39 is 23.2 Å². The Morgan fingerprint density at radius 3 is 2.27 bits per heavy atom. The largest absolute Gasteiger partial charge is 0.497 e. The van der Waals surface area contributed by atoms with Crippen LogP contribution in [0.5, 0.6) is 5.75 Å². The van der Waals surface area contributed by atoms with Crippen LogP contribution >= 0.6 is 0 Å². The molecule has 1 N–H and O–H groups in total. The molecule has 7 heteroatoms. The number of nitrogens with one attached hydrogen (secondary N) is 1. The third-order valence-corrected chi connectivity index (χ3v) is 4.72. The highest BCUT2D eigenvalue weighted by Crippen LogP contribution is 2.34. The van der Waals surface area contributed by atoms with Crippen LogP contribution in [0.3, 0.4) is 0 Å². The second kappa shape index (κ2) is 8.18. The predicted octanol–water partition coefficient (Wildman–Crippen LogP) is 5.44. The van der Waals surface area contributed by atoms with E-state index in [0.29, 0.717) is 22.6 Å². The molecule has 0 aliphatic heterocycles. The lowest BCUT2D eigenvalue weighted by Crippen LogP contribution is -2.41. The quantitative estimate of drug-likeness (QED) is 0.605. The van der Waals surface area contributed by atoms with Crippen LogP contribution in [0, 0.1) is 0 Å². The highest BCUT2D eigenvalue weighted by molar-refractivity contribution is 6.01. The first-order valence-corrected chi connectivity index (χ1v) is 9.21. The summed E-state index contributed by atoms with van der Waals surface area (Å²) in [6.07, 6.45) is -2.97. The van der Waals surface area contributed by atoms with Crippen LogP contribution in [-0.2, 0) is 11.7 Å². The van der Waals surface area contributed by atoms with Crippen molar-refractivity contribution in [3.63, 3.8) is 0 Å². The van der Waals surface area contributed by atoms with Crippen LogP contribution in [0.15, 0.2) is 66.9 Å². The highest BCUT2D eigenvalue weighted by Gasteiger charge is 2.33. The molecule has 0 saturated carbocycles. The van der Waals surface area contributed by atoms with Crippen LogP contribution < -0.4 is 10.1 Å². The van der Waals surface area contributed by atoms with E-state index in [1.54, 1.807) is 62.5 Å². The van der Waals surface area contributed by atoms with Crippen LogP contribution in [0.25, 0.3) is 11.1 Å². The molecular weight excluding hydrogens is 393 g/mol. The fourth-order valence-electron chi connectivity index (χ4n) is 3.08. The van der Waals surface area contributed by atoms with Crippen molar-refractivity contribution < 1.29 is 22.7 Å². The molecule has 0 spiro atoms. The van der Waals surface area contributed by atoms with Crippen LogP contribution in [0.4, 0.5) is 13.2 Å². The SMILES string of the molecule is COc1ccc(-c2ccc(C(F)(F)F)cc2C(=O)NC(C)(C)c2ccccn2)cc1. The van der Waals surface area contributed by atoms with Gasteiger partial charge in [0.1, 0.15) is 5.75 Å². The van der Waals surface area contributed by atoms with Gasteiger partial charge in [0.25, 0.3) is 5.91 Å². The Labute approximate surface area is 172 Å². The number of ether oxygens (including phenoxy) is 1. The number of methoxy groups -OCH3 is 1. The van der Waals surface area contributed by atoms with Gasteiger partial charge in [-0.05, 0) is 61.4 Å². The third kappa shape index (κ3) is 4.62. The minimum Gasteiger partial charge on any atom is -0.497 e. The van der Waals surface area contributed by atoms with E-state index >= 15 is 0 Å². The summed E-state index contributed by atoms with van der Waals surface area (Å²) >= 11 is 0. The first-order chi connectivity index (χ1) is 14.1. The Kier molecular flexibility index (Phi) is 5.82. The van der Waals surface area contributed by atoms with E-state index in [4.69, 9.17) is 4.74 Å². The molecule has 1 aromatic heterocycles. The average Bonchev–Trinajstić information content (AvgIpc) is 2.73. The van der Waals surface area contributed by atoms with Gasteiger partial charge in [0.05, 0.1) is 23.9 Å². The van der Waals surface area contributed by atoms with Gasteiger partial charge in [-0.15, -0.1) is 0 Å². The van der Waals surface area contributed by atoms with Gasteiger partial charge >= 0.3 is 6.18 Å². The molecule has 2 aromatic carbocycles. The van der Waals surface area contributed by atoms with Crippen molar-refractivity contribution in [3.05, 3.63) is 83.7 Å². The molecule has 0 aliphatic carbocycles. The van der Waals surface area contributed by atoms with Crippen molar-refractivity contribution in [2.75, 3.05) is 7.11 Å². The molecule has 0 unspecified atom stereocenters. The first kappa shape index (κ1) is 21.4. The number of aromatic nitrogens is 1. The normalized spacial score (nSPS) is 11.8. The fraction of sp³-hybridized carbons (Fsp3) is 0.217. The van der Waals surface area contributed by atoms with E-state index in [2.05, 4.69) is 10.3 Å². The smallest absolute Gasteiger partial charge is 0.416 e. The Hall–Kier alpha value is -3.35. The topological polar surface area (TPSA) is 51.2 Å². The molecule has 30 heavy (non-hydrogen) atoms. The summed E-state index contributed by atoms with van der Waals surface area (Å²) in [6, 6.07) is 15.2. The molecule has 0 saturated heterocycles. The van der Waals surface area contributed by atoms with Gasteiger partial charge in [0.15, 0.2) is 0 Å². The summed E-state index contributed by atoms with van der Waals surface area (Å²) in [7, 11) is 1.52. The molecular formula is C23H21F3N2O2. The number of amides is 1. The number of benzene rings is 2. The van der Waals surface area contributed by atoms with Crippen molar-refractivity contribution in [1.82, 2.24) is 10.3 Å². The van der Waals surface area contributed by atoms with Crippen molar-refractivity contribution in [3.8, 4) is 16.9 Å². The Morgan fingerprint density at radius 2 is 1.70 bits per heavy atom. The fourth-order valence-corrected chi connectivity index (χ4v) is 3.08. The summed E-state index contributed by atoms with van der Waals surface area (Å²) in [5, 5.41) is 2.81. The third-order valence-electron chi connectivity index (χ3n) is 4.72. The number of alkyl halides is 3. The van der Waals surface area contributed by atoms with Crippen molar-refractivity contribution in [1.29, 1.82) is 0 Å². The van der Waals surface area contributed by atoms with Crippen LogP contribution in [-0.4, -0.2) is 18.0 Å². The minimum atomic E-state index is -4.57. The maximum Gasteiger partial charge on any atom is 0.416 e. The standard InChI is InChI=1S/C23H21F3N2O2/c1-22(2,20-6-4-5-13-27-20)28-21(29)19-14-16(23(24,25)26)9-12-18(19)15-7-10-17(30-3)11-8-15/h4-14H,1-3H3,(H,28,29). The lowest BCUT2D eigenvalue weighted by atomic mass is 9.94. The van der Waals surface area contributed by atoms with Gasteiger partial charge in [0, 0.05) is 11.8 Å². The second-order valence-electron chi connectivity index (χ2n) is 7.28. The zero-order chi connectivity index (χ0) is 21.9. The molecule has 3 rings (SSSR count). The van der Waals surface area contributed by atoms with E-state index in [0.717, 1.165) is 12.1 Å². The zero-order valence-corrected chi connectivity index (χ0v) is 16.7. The van der Waals surface area contributed by atoms with Gasteiger partial charge in [0.2, 0.25) is 0 Å². The molecule has 4 nitrogen and oxygen atoms in total. The van der Waals surface area contributed by atoms with Gasteiger partial charge in [-0.25, -0.2) is 0 Å². The molecule has 1 amide bonds. The number of halogens is 3. The highest BCUT2D eigenvalue weighted by atomic mass is 19.4. The van der Waals surface area contributed by atoms with Crippen LogP contribution in [0.2, 0.25) is 0 Å². The Morgan fingerprint density at radius 1 is 1.00 bits per heavy atom. The van der Waals surface area contributed by atoms with Crippen molar-refractivity contribution >= 4 is 5.91 Å². The first-order valence-electron chi connectivity index (χ1n) is 9.21. The van der Waals surface area contributed by atoms with E-state index in [9.17, 15) is 18.0 Å². The number of rotatable bonds is 5. The predicted molar refractivity (Wildman–Crippen MR) is 108 cm³/mol. The van der Waals surface area contributed by atoms with Gasteiger partial charge < -0.3 is 10.1 Å². The molecule has 1 heterocycles. The Balaban J connectivity index is 2.04. The van der Waals surface area contributed by atoms with Crippen molar-refractivity contribution in [2.24, 2.45) is 0 Å². The number of hydrogen-bond donors (Lipinski definition) is 1. The molecule has 3 aromatic rings. The molecule has 156 valence electrons. The monoisotopic (exact) mass is 414 g/mol. The lowest BCUT2D eigenvalue weighted by Gasteiger charge is -2.26. The maximum absolute atomic E-state index is 13.3. The number of carbonyl (C=O) groups is 1. The molecule has 0 bridgehead atoms. The molecule has 0 radical (unpaired) electrons. The zero-order valence-electron chi connectivity index (χ0n) is 16.7. The van der Waals surface area contributed by atoms with E-state index in [-0.39, 0.29) is 5.56 Å². The molecule has 0 aliphatic rings. The molecule has 0 atom stereocenters. The van der Waals surface area contributed by atoms with Gasteiger partial charge in [-0.1, -0.05) is 24.3 Å². The second-order valence-corrected chi connectivity index (χ2v) is 7.28. The summed E-state index contributed by atoms with van der Waals surface area (Å²) in [5.41, 5.74) is -0.259. The number of hydrogen-bond acceptors (Lipinski definition) is 3. The van der Waals surface area contributed by atoms with Crippen molar-refractivity contribution in [2.45, 2.75) is 25.6 Å². The van der Waals surface area contributed by atoms with Gasteiger partial charge in [-0.2, -0.15) is 13.2 Å². The summed E-state index contributed by atoms with van der Waals surface area (Å²) in [6.45, 7) is 3.49. The summed E-state index contributed by atoms with van der Waals surface area (Å²) in [5.74, 6) is -0.0180.